The topological polar surface area (TPSA) is 52.3 Å². The lowest BCUT2D eigenvalue weighted by Crippen LogP contribution is -2.06. The molecule has 1 aromatic rings. The van der Waals surface area contributed by atoms with Gasteiger partial charge < -0.3 is 10.5 Å². The molecule has 2 N–H and O–H groups in total. The summed E-state index contributed by atoms with van der Waals surface area (Å²) in [6.07, 6.45) is 3.28. The molecule has 0 heterocycles. The second-order valence-electron chi connectivity index (χ2n) is 4.25. The van der Waals surface area contributed by atoms with Crippen molar-refractivity contribution in [1.29, 1.82) is 0 Å². The molecule has 2 rings (SSSR count). The van der Waals surface area contributed by atoms with Gasteiger partial charge in [0.15, 0.2) is 0 Å². The third-order valence-corrected chi connectivity index (χ3v) is 3.18. The fourth-order valence-corrected chi connectivity index (χ4v) is 2.19. The lowest BCUT2D eigenvalue weighted by molar-refractivity contribution is -0.140. The van der Waals surface area contributed by atoms with Crippen LogP contribution in [0.15, 0.2) is 18.2 Å². The molecule has 0 saturated carbocycles. The Balaban J connectivity index is 0.00000144. The lowest BCUT2D eigenvalue weighted by Gasteiger charge is -2.07. The smallest absolute Gasteiger partial charge is 0.305 e. The number of aryl methyl sites for hydroxylation is 2. The van der Waals surface area contributed by atoms with Crippen molar-refractivity contribution in [3.05, 3.63) is 34.9 Å². The van der Waals surface area contributed by atoms with Crippen LogP contribution in [0, 0.1) is 0 Å². The summed E-state index contributed by atoms with van der Waals surface area (Å²) < 4.78 is 4.62. The summed E-state index contributed by atoms with van der Waals surface area (Å²) in [5.41, 5.74) is 9.78. The number of hydrogen-bond donors (Lipinski definition) is 1. The Kier molecular flexibility index (Phi) is 4.97. The van der Waals surface area contributed by atoms with Crippen LogP contribution in [0.3, 0.4) is 0 Å². The molecule has 0 saturated heterocycles. The van der Waals surface area contributed by atoms with Crippen LogP contribution in [-0.2, 0) is 22.4 Å². The number of carbonyl (C=O) groups excluding carboxylic acids is 1. The molecule has 1 unspecified atom stereocenters. The van der Waals surface area contributed by atoms with Crippen molar-refractivity contribution in [2.24, 2.45) is 5.73 Å². The summed E-state index contributed by atoms with van der Waals surface area (Å²) >= 11 is 0. The van der Waals surface area contributed by atoms with E-state index in [0.29, 0.717) is 6.42 Å². The fraction of sp³-hybridized carbons (Fsp3) is 0.462. The van der Waals surface area contributed by atoms with Crippen molar-refractivity contribution in [3.8, 4) is 0 Å². The largest absolute Gasteiger partial charge is 0.469 e. The molecule has 0 fully saturated rings. The molecule has 0 radical (unpaired) electrons. The zero-order chi connectivity index (χ0) is 11.5. The standard InChI is InChI=1S/C13H17NO2.ClH/c1-16-13(15)7-3-9-2-4-10-5-6-12(14)11(10)8-9;/h2,4,8,12H,3,5-7,14H2,1H3;1H. The number of fused-ring (bicyclic) bond motifs is 1. The summed E-state index contributed by atoms with van der Waals surface area (Å²) in [5, 5.41) is 0. The van der Waals surface area contributed by atoms with Crippen LogP contribution >= 0.6 is 12.4 Å². The maximum atomic E-state index is 11.0. The minimum Gasteiger partial charge on any atom is -0.469 e. The van der Waals surface area contributed by atoms with Gasteiger partial charge in [-0.25, -0.2) is 0 Å². The summed E-state index contributed by atoms with van der Waals surface area (Å²) in [7, 11) is 1.42. The first kappa shape index (κ1) is 14.0. The average Bonchev–Trinajstić information content (AvgIpc) is 2.68. The Morgan fingerprint density at radius 3 is 3.00 bits per heavy atom. The number of methoxy groups -OCH3 is 1. The number of ether oxygens (including phenoxy) is 1. The Bertz CT molecular complexity index is 406. The molecule has 0 amide bonds. The Morgan fingerprint density at radius 2 is 2.29 bits per heavy atom. The minimum absolute atomic E-state index is 0. The molecule has 1 aromatic carbocycles. The van der Waals surface area contributed by atoms with Crippen molar-refractivity contribution >= 4 is 18.4 Å². The molecule has 1 aliphatic rings. The normalized spacial score (nSPS) is 17.2. The van der Waals surface area contributed by atoms with Gasteiger partial charge in [0.05, 0.1) is 7.11 Å². The van der Waals surface area contributed by atoms with Crippen molar-refractivity contribution in [1.82, 2.24) is 0 Å². The predicted molar refractivity (Wildman–Crippen MR) is 69.3 cm³/mol. The first-order chi connectivity index (χ1) is 7.70. The molecule has 0 bridgehead atoms. The molecule has 17 heavy (non-hydrogen) atoms. The van der Waals surface area contributed by atoms with Crippen LogP contribution in [-0.4, -0.2) is 13.1 Å². The van der Waals surface area contributed by atoms with Crippen molar-refractivity contribution in [2.45, 2.75) is 31.7 Å². The predicted octanol–water partition coefficient (Wildman–Crippen LogP) is 2.16. The molecular formula is C13H18ClNO2. The summed E-state index contributed by atoms with van der Waals surface area (Å²) in [4.78, 5) is 11.0. The first-order valence-corrected chi connectivity index (χ1v) is 5.65. The molecular weight excluding hydrogens is 238 g/mol. The lowest BCUT2D eigenvalue weighted by atomic mass is 10.0. The van der Waals surface area contributed by atoms with Gasteiger partial charge >= 0.3 is 5.97 Å². The van der Waals surface area contributed by atoms with Gasteiger partial charge in [-0.1, -0.05) is 18.2 Å². The van der Waals surface area contributed by atoms with E-state index in [1.54, 1.807) is 0 Å². The molecule has 3 nitrogen and oxygen atoms in total. The van der Waals surface area contributed by atoms with Crippen LogP contribution in [0.5, 0.6) is 0 Å². The monoisotopic (exact) mass is 255 g/mol. The Morgan fingerprint density at radius 1 is 1.53 bits per heavy atom. The van der Waals surface area contributed by atoms with Crippen molar-refractivity contribution in [3.63, 3.8) is 0 Å². The average molecular weight is 256 g/mol. The SMILES string of the molecule is COC(=O)CCc1ccc2c(c1)C(N)CC2.Cl. The highest BCUT2D eigenvalue weighted by molar-refractivity contribution is 5.85. The van der Waals surface area contributed by atoms with Gasteiger partial charge in [0.25, 0.3) is 0 Å². The van der Waals surface area contributed by atoms with E-state index in [0.717, 1.165) is 19.3 Å². The van der Waals surface area contributed by atoms with Gasteiger partial charge in [-0.3, -0.25) is 4.79 Å². The van der Waals surface area contributed by atoms with E-state index in [1.807, 2.05) is 0 Å². The number of hydrogen-bond acceptors (Lipinski definition) is 3. The van der Waals surface area contributed by atoms with Gasteiger partial charge in [-0.2, -0.15) is 0 Å². The quantitative estimate of drug-likeness (QED) is 0.842. The summed E-state index contributed by atoms with van der Waals surface area (Å²) in [6, 6.07) is 6.53. The maximum Gasteiger partial charge on any atom is 0.305 e. The van der Waals surface area contributed by atoms with Gasteiger partial charge in [-0.15, -0.1) is 12.4 Å². The van der Waals surface area contributed by atoms with Gasteiger partial charge in [0, 0.05) is 12.5 Å². The van der Waals surface area contributed by atoms with E-state index >= 15 is 0 Å². The van der Waals surface area contributed by atoms with E-state index in [9.17, 15) is 4.79 Å². The number of rotatable bonds is 3. The summed E-state index contributed by atoms with van der Waals surface area (Å²) in [6.45, 7) is 0. The van der Waals surface area contributed by atoms with Gasteiger partial charge in [-0.05, 0) is 36.0 Å². The van der Waals surface area contributed by atoms with Crippen LogP contribution in [0.1, 0.15) is 35.6 Å². The third-order valence-electron chi connectivity index (χ3n) is 3.18. The Hall–Kier alpha value is -1.06. The van der Waals surface area contributed by atoms with Crippen LogP contribution < -0.4 is 5.73 Å². The van der Waals surface area contributed by atoms with Crippen molar-refractivity contribution in [2.75, 3.05) is 7.11 Å². The highest BCUT2D eigenvalue weighted by atomic mass is 35.5. The molecule has 94 valence electrons. The highest BCUT2D eigenvalue weighted by Crippen LogP contribution is 2.30. The fourth-order valence-electron chi connectivity index (χ4n) is 2.19. The zero-order valence-electron chi connectivity index (χ0n) is 9.94. The van der Waals surface area contributed by atoms with Crippen LogP contribution in [0.4, 0.5) is 0 Å². The minimum atomic E-state index is -0.162. The van der Waals surface area contributed by atoms with Gasteiger partial charge in [0.1, 0.15) is 0 Å². The molecule has 0 spiro atoms. The molecule has 4 heteroatoms. The van der Waals surface area contributed by atoms with E-state index in [1.165, 1.54) is 23.8 Å². The second-order valence-corrected chi connectivity index (χ2v) is 4.25. The van der Waals surface area contributed by atoms with E-state index < -0.39 is 0 Å². The zero-order valence-corrected chi connectivity index (χ0v) is 10.8. The van der Waals surface area contributed by atoms with E-state index in [2.05, 4.69) is 22.9 Å². The first-order valence-electron chi connectivity index (χ1n) is 5.65. The number of esters is 1. The number of benzene rings is 1. The van der Waals surface area contributed by atoms with Crippen LogP contribution in [0.2, 0.25) is 0 Å². The van der Waals surface area contributed by atoms with Crippen LogP contribution in [0.25, 0.3) is 0 Å². The maximum absolute atomic E-state index is 11.0. The number of halogens is 1. The molecule has 0 aromatic heterocycles. The van der Waals surface area contributed by atoms with Gasteiger partial charge in [0.2, 0.25) is 0 Å². The summed E-state index contributed by atoms with van der Waals surface area (Å²) in [5.74, 6) is -0.162. The van der Waals surface area contributed by atoms with E-state index in [-0.39, 0.29) is 24.4 Å². The van der Waals surface area contributed by atoms with E-state index in [4.69, 9.17) is 5.73 Å². The Labute approximate surface area is 108 Å². The third kappa shape index (κ3) is 3.20. The molecule has 1 atom stereocenters. The molecule has 0 aliphatic heterocycles. The number of carbonyl (C=O) groups is 1. The molecule has 1 aliphatic carbocycles. The second kappa shape index (κ2) is 6.03. The highest BCUT2D eigenvalue weighted by Gasteiger charge is 2.18. The van der Waals surface area contributed by atoms with Crippen molar-refractivity contribution < 1.29 is 9.53 Å². The number of nitrogens with two attached hydrogens (primary N) is 1.